The van der Waals surface area contributed by atoms with E-state index in [1.807, 2.05) is 6.92 Å². The van der Waals surface area contributed by atoms with Gasteiger partial charge in [0.15, 0.2) is 5.82 Å². The van der Waals surface area contributed by atoms with E-state index in [9.17, 15) is 9.59 Å². The van der Waals surface area contributed by atoms with Crippen LogP contribution in [0.3, 0.4) is 0 Å². The normalized spacial score (nSPS) is 15.9. The SMILES string of the molecule is CCc1nc2n(n1)[C@H](CC(=O)Nc1cccc(OC)c1)C(=O)N2. The molecule has 1 aromatic heterocycles. The van der Waals surface area contributed by atoms with Crippen LogP contribution in [0.1, 0.15) is 25.2 Å². The minimum atomic E-state index is -0.677. The molecule has 2 heterocycles. The zero-order chi connectivity index (χ0) is 16.4. The Morgan fingerprint density at radius 3 is 3.04 bits per heavy atom. The summed E-state index contributed by atoms with van der Waals surface area (Å²) in [5, 5.41) is 9.65. The first-order valence-electron chi connectivity index (χ1n) is 7.31. The number of methoxy groups -OCH3 is 1. The molecule has 0 unspecified atom stereocenters. The van der Waals surface area contributed by atoms with Crippen molar-refractivity contribution in [2.75, 3.05) is 17.7 Å². The standard InChI is InChI=1S/C15H17N5O3/c1-3-12-17-15-18-14(22)11(20(15)19-12)8-13(21)16-9-5-4-6-10(7-9)23-2/h4-7,11H,3,8H2,1-2H3,(H,16,21)(H,17,18,19,22)/t11-/m1/s1. The molecule has 1 aliphatic heterocycles. The van der Waals surface area contributed by atoms with Gasteiger partial charge in [0.2, 0.25) is 11.9 Å². The number of benzene rings is 1. The van der Waals surface area contributed by atoms with Gasteiger partial charge in [0, 0.05) is 18.2 Å². The highest BCUT2D eigenvalue weighted by Crippen LogP contribution is 2.26. The van der Waals surface area contributed by atoms with Crippen molar-refractivity contribution in [3.63, 3.8) is 0 Å². The number of ether oxygens (including phenoxy) is 1. The summed E-state index contributed by atoms with van der Waals surface area (Å²) in [6.07, 6.45) is 0.654. The maximum atomic E-state index is 12.2. The average molecular weight is 315 g/mol. The topological polar surface area (TPSA) is 98.1 Å². The summed E-state index contributed by atoms with van der Waals surface area (Å²) in [6.45, 7) is 1.93. The molecule has 1 aliphatic rings. The second-order valence-electron chi connectivity index (χ2n) is 5.14. The Bertz CT molecular complexity index is 755. The van der Waals surface area contributed by atoms with Crippen molar-refractivity contribution >= 4 is 23.5 Å². The van der Waals surface area contributed by atoms with Gasteiger partial charge in [0.25, 0.3) is 5.91 Å². The van der Waals surface area contributed by atoms with Crippen LogP contribution in [0, 0.1) is 0 Å². The van der Waals surface area contributed by atoms with Crippen molar-refractivity contribution < 1.29 is 14.3 Å². The molecule has 0 spiro atoms. The fourth-order valence-electron chi connectivity index (χ4n) is 2.39. The third-order valence-electron chi connectivity index (χ3n) is 3.56. The molecule has 2 amide bonds. The van der Waals surface area contributed by atoms with Gasteiger partial charge in [-0.15, -0.1) is 0 Å². The number of aryl methyl sites for hydroxylation is 1. The van der Waals surface area contributed by atoms with E-state index < -0.39 is 6.04 Å². The highest BCUT2D eigenvalue weighted by atomic mass is 16.5. The molecule has 8 nitrogen and oxygen atoms in total. The van der Waals surface area contributed by atoms with Gasteiger partial charge in [0.05, 0.1) is 13.5 Å². The molecular formula is C15H17N5O3. The number of carbonyl (C=O) groups is 2. The fourth-order valence-corrected chi connectivity index (χ4v) is 2.39. The number of anilines is 2. The molecule has 23 heavy (non-hydrogen) atoms. The Labute approximate surface area is 132 Å². The van der Waals surface area contributed by atoms with Crippen LogP contribution >= 0.6 is 0 Å². The maximum absolute atomic E-state index is 12.2. The molecule has 3 rings (SSSR count). The molecule has 8 heteroatoms. The molecule has 0 bridgehead atoms. The second kappa shape index (κ2) is 6.07. The van der Waals surface area contributed by atoms with E-state index in [0.717, 1.165) is 0 Å². The zero-order valence-corrected chi connectivity index (χ0v) is 12.9. The van der Waals surface area contributed by atoms with E-state index in [-0.39, 0.29) is 18.2 Å². The van der Waals surface area contributed by atoms with Crippen molar-refractivity contribution in [2.45, 2.75) is 25.8 Å². The predicted molar refractivity (Wildman–Crippen MR) is 83.3 cm³/mol. The molecule has 0 fully saturated rings. The Morgan fingerprint density at radius 2 is 2.30 bits per heavy atom. The van der Waals surface area contributed by atoms with Crippen molar-refractivity contribution in [3.8, 4) is 5.75 Å². The van der Waals surface area contributed by atoms with Crippen LogP contribution in [-0.2, 0) is 16.0 Å². The minimum absolute atomic E-state index is 0.0114. The Morgan fingerprint density at radius 1 is 1.48 bits per heavy atom. The molecule has 2 aromatic rings. The average Bonchev–Trinajstić information content (AvgIpc) is 3.06. The van der Waals surface area contributed by atoms with E-state index in [1.54, 1.807) is 31.4 Å². The van der Waals surface area contributed by atoms with Crippen LogP contribution < -0.4 is 15.4 Å². The third kappa shape index (κ3) is 3.01. The summed E-state index contributed by atoms with van der Waals surface area (Å²) in [7, 11) is 1.56. The van der Waals surface area contributed by atoms with Crippen molar-refractivity contribution in [3.05, 3.63) is 30.1 Å². The van der Waals surface area contributed by atoms with Gasteiger partial charge in [-0.25, -0.2) is 4.68 Å². The van der Waals surface area contributed by atoms with Crippen molar-refractivity contribution in [1.29, 1.82) is 0 Å². The summed E-state index contributed by atoms with van der Waals surface area (Å²) in [5.74, 6) is 1.13. The number of hydrogen-bond acceptors (Lipinski definition) is 5. The first-order valence-corrected chi connectivity index (χ1v) is 7.31. The lowest BCUT2D eigenvalue weighted by atomic mass is 10.2. The number of rotatable bonds is 5. The Hall–Kier alpha value is -2.90. The van der Waals surface area contributed by atoms with Crippen molar-refractivity contribution in [2.24, 2.45) is 0 Å². The minimum Gasteiger partial charge on any atom is -0.497 e. The molecule has 120 valence electrons. The molecule has 0 radical (unpaired) electrons. The highest BCUT2D eigenvalue weighted by molar-refractivity contribution is 6.00. The van der Waals surface area contributed by atoms with E-state index in [1.165, 1.54) is 4.68 Å². The fraction of sp³-hybridized carbons (Fsp3) is 0.333. The lowest BCUT2D eigenvalue weighted by Crippen LogP contribution is -2.24. The van der Waals surface area contributed by atoms with Crippen LogP contribution in [0.2, 0.25) is 0 Å². The summed E-state index contributed by atoms with van der Waals surface area (Å²) < 4.78 is 6.59. The Kier molecular flexibility index (Phi) is 3.96. The van der Waals surface area contributed by atoms with Gasteiger partial charge in [-0.3, -0.25) is 14.9 Å². The number of fused-ring (bicyclic) bond motifs is 1. The van der Waals surface area contributed by atoms with Crippen LogP contribution in [-0.4, -0.2) is 33.7 Å². The van der Waals surface area contributed by atoms with E-state index >= 15 is 0 Å². The number of carbonyl (C=O) groups excluding carboxylic acids is 2. The van der Waals surface area contributed by atoms with Gasteiger partial charge in [-0.05, 0) is 12.1 Å². The number of nitrogens with one attached hydrogen (secondary N) is 2. The predicted octanol–water partition coefficient (Wildman–Crippen LogP) is 1.37. The number of aromatic nitrogens is 3. The number of amides is 2. The monoisotopic (exact) mass is 315 g/mol. The summed E-state index contributed by atoms with van der Waals surface area (Å²) >= 11 is 0. The zero-order valence-electron chi connectivity index (χ0n) is 12.9. The molecule has 2 N–H and O–H groups in total. The first-order chi connectivity index (χ1) is 11.1. The lowest BCUT2D eigenvalue weighted by Gasteiger charge is -2.10. The van der Waals surface area contributed by atoms with Crippen LogP contribution in [0.25, 0.3) is 0 Å². The van der Waals surface area contributed by atoms with E-state index in [0.29, 0.717) is 29.6 Å². The van der Waals surface area contributed by atoms with Gasteiger partial charge < -0.3 is 10.1 Å². The van der Waals surface area contributed by atoms with Crippen molar-refractivity contribution in [1.82, 2.24) is 14.8 Å². The number of hydrogen-bond donors (Lipinski definition) is 2. The van der Waals surface area contributed by atoms with Gasteiger partial charge >= 0.3 is 0 Å². The quantitative estimate of drug-likeness (QED) is 0.868. The molecule has 1 atom stereocenters. The van der Waals surface area contributed by atoms with E-state index in [2.05, 4.69) is 20.7 Å². The summed E-state index contributed by atoms with van der Waals surface area (Å²) in [5.41, 5.74) is 0.612. The molecular weight excluding hydrogens is 298 g/mol. The van der Waals surface area contributed by atoms with Gasteiger partial charge in [0.1, 0.15) is 11.8 Å². The second-order valence-corrected chi connectivity index (χ2v) is 5.14. The lowest BCUT2D eigenvalue weighted by molar-refractivity contribution is -0.123. The van der Waals surface area contributed by atoms with Crippen LogP contribution in [0.4, 0.5) is 11.6 Å². The maximum Gasteiger partial charge on any atom is 0.252 e. The molecule has 0 saturated heterocycles. The van der Waals surface area contributed by atoms with Crippen LogP contribution in [0.15, 0.2) is 24.3 Å². The molecule has 0 saturated carbocycles. The van der Waals surface area contributed by atoms with Gasteiger partial charge in [-0.2, -0.15) is 10.1 Å². The van der Waals surface area contributed by atoms with Crippen LogP contribution in [0.5, 0.6) is 5.75 Å². The molecule has 0 aliphatic carbocycles. The summed E-state index contributed by atoms with van der Waals surface area (Å²) in [4.78, 5) is 28.4. The largest absolute Gasteiger partial charge is 0.497 e. The third-order valence-corrected chi connectivity index (χ3v) is 3.56. The first kappa shape index (κ1) is 15.0. The molecule has 1 aromatic carbocycles. The Balaban J connectivity index is 1.70. The van der Waals surface area contributed by atoms with Gasteiger partial charge in [-0.1, -0.05) is 13.0 Å². The number of nitrogens with zero attached hydrogens (tertiary/aromatic N) is 3. The van der Waals surface area contributed by atoms with E-state index in [4.69, 9.17) is 4.74 Å². The smallest absolute Gasteiger partial charge is 0.252 e. The highest BCUT2D eigenvalue weighted by Gasteiger charge is 2.34. The summed E-state index contributed by atoms with van der Waals surface area (Å²) in [6, 6.07) is 6.35.